The summed E-state index contributed by atoms with van der Waals surface area (Å²) in [4.78, 5) is 10.9. The van der Waals surface area contributed by atoms with Crippen molar-refractivity contribution in [2.75, 3.05) is 0 Å². The van der Waals surface area contributed by atoms with E-state index >= 15 is 0 Å². The van der Waals surface area contributed by atoms with Crippen molar-refractivity contribution in [3.63, 3.8) is 0 Å². The number of unbranched alkanes of at least 4 members (excludes halogenated alkanes) is 6. The van der Waals surface area contributed by atoms with Gasteiger partial charge in [-0.2, -0.15) is 0 Å². The van der Waals surface area contributed by atoms with Gasteiger partial charge in [0.1, 0.15) is 0 Å². The lowest BCUT2D eigenvalue weighted by Gasteiger charge is -2.14. The third-order valence-electron chi connectivity index (χ3n) is 3.68. The molecule has 0 saturated heterocycles. The van der Waals surface area contributed by atoms with Crippen LogP contribution >= 0.6 is 0 Å². The molecule has 2 heteroatoms. The van der Waals surface area contributed by atoms with Gasteiger partial charge in [0.15, 0.2) is 0 Å². The first-order chi connectivity index (χ1) is 9.70. The van der Waals surface area contributed by atoms with Gasteiger partial charge in [0, 0.05) is 6.42 Å². The van der Waals surface area contributed by atoms with Crippen LogP contribution in [0.1, 0.15) is 77.6 Å². The summed E-state index contributed by atoms with van der Waals surface area (Å²) in [6.45, 7) is 5.85. The largest absolute Gasteiger partial charge is 0.481 e. The van der Waals surface area contributed by atoms with Crippen molar-refractivity contribution in [2.24, 2.45) is 5.92 Å². The molecule has 0 saturated carbocycles. The molecule has 2 nitrogen and oxygen atoms in total. The van der Waals surface area contributed by atoms with Crippen LogP contribution in [0, 0.1) is 5.92 Å². The third kappa shape index (κ3) is 13.4. The zero-order chi connectivity index (χ0) is 15.1. The summed E-state index contributed by atoms with van der Waals surface area (Å²) in [5.74, 6) is -0.257. The van der Waals surface area contributed by atoms with E-state index in [9.17, 15) is 4.79 Å². The van der Waals surface area contributed by atoms with E-state index in [0.29, 0.717) is 12.3 Å². The molecule has 116 valence electrons. The molecule has 0 aromatic carbocycles. The molecule has 0 amide bonds. The lowest BCUT2D eigenvalue weighted by atomic mass is 9.92. The van der Waals surface area contributed by atoms with Gasteiger partial charge in [0.2, 0.25) is 0 Å². The predicted molar refractivity (Wildman–Crippen MR) is 86.9 cm³/mol. The van der Waals surface area contributed by atoms with Gasteiger partial charge < -0.3 is 5.11 Å². The molecule has 0 rings (SSSR count). The average Bonchev–Trinajstić information content (AvgIpc) is 2.41. The number of carboxylic acids is 1. The topological polar surface area (TPSA) is 37.3 Å². The number of hydrogen-bond acceptors (Lipinski definition) is 1. The SMILES string of the molecule is C=CC=CCCCCCC(CCCCCC)CC(=O)O. The van der Waals surface area contributed by atoms with Crippen LogP contribution in [0.5, 0.6) is 0 Å². The highest BCUT2D eigenvalue weighted by molar-refractivity contribution is 5.66. The Morgan fingerprint density at radius 2 is 1.75 bits per heavy atom. The number of rotatable bonds is 14. The molecule has 1 N–H and O–H groups in total. The fraction of sp³-hybridized carbons (Fsp3) is 0.722. The number of carbonyl (C=O) groups is 1. The number of allylic oxidation sites excluding steroid dienone is 3. The van der Waals surface area contributed by atoms with E-state index in [0.717, 1.165) is 25.7 Å². The molecule has 0 aliphatic heterocycles. The first kappa shape index (κ1) is 18.9. The molecule has 0 radical (unpaired) electrons. The Balaban J connectivity index is 3.71. The van der Waals surface area contributed by atoms with Gasteiger partial charge in [-0.25, -0.2) is 0 Å². The van der Waals surface area contributed by atoms with Crippen molar-refractivity contribution in [3.8, 4) is 0 Å². The Morgan fingerprint density at radius 3 is 2.30 bits per heavy atom. The molecule has 0 aliphatic rings. The van der Waals surface area contributed by atoms with Crippen LogP contribution in [0.25, 0.3) is 0 Å². The van der Waals surface area contributed by atoms with Crippen LogP contribution in [-0.2, 0) is 4.79 Å². The second-order valence-electron chi connectivity index (χ2n) is 5.62. The van der Waals surface area contributed by atoms with Crippen molar-refractivity contribution in [2.45, 2.75) is 77.6 Å². The lowest BCUT2D eigenvalue weighted by Crippen LogP contribution is -2.08. The molecule has 20 heavy (non-hydrogen) atoms. The van der Waals surface area contributed by atoms with Crippen LogP contribution in [0.3, 0.4) is 0 Å². The van der Waals surface area contributed by atoms with Crippen molar-refractivity contribution in [1.29, 1.82) is 0 Å². The molecule has 0 spiro atoms. The monoisotopic (exact) mass is 280 g/mol. The zero-order valence-electron chi connectivity index (χ0n) is 13.2. The Morgan fingerprint density at radius 1 is 1.10 bits per heavy atom. The standard InChI is InChI=1S/C18H32O2/c1-3-5-7-9-10-11-13-15-17(16-18(19)20)14-12-8-6-4-2/h3,5,7,17H,1,4,6,8-16H2,2H3,(H,19,20). The van der Waals surface area contributed by atoms with E-state index < -0.39 is 5.97 Å². The fourth-order valence-electron chi connectivity index (χ4n) is 2.52. The van der Waals surface area contributed by atoms with E-state index in [2.05, 4.69) is 19.6 Å². The minimum absolute atomic E-state index is 0.350. The van der Waals surface area contributed by atoms with E-state index in [1.807, 2.05) is 6.08 Å². The zero-order valence-corrected chi connectivity index (χ0v) is 13.2. The van der Waals surface area contributed by atoms with Crippen molar-refractivity contribution < 1.29 is 9.90 Å². The Labute approximate surface area is 125 Å². The van der Waals surface area contributed by atoms with Gasteiger partial charge in [0.05, 0.1) is 0 Å². The summed E-state index contributed by atoms with van der Waals surface area (Å²) >= 11 is 0. The second kappa shape index (κ2) is 14.4. The van der Waals surface area contributed by atoms with E-state index in [1.54, 1.807) is 6.08 Å². The molecule has 0 aliphatic carbocycles. The van der Waals surface area contributed by atoms with E-state index in [-0.39, 0.29) is 0 Å². The molecule has 0 bridgehead atoms. The Bertz CT molecular complexity index is 269. The molecular weight excluding hydrogens is 248 g/mol. The lowest BCUT2D eigenvalue weighted by molar-refractivity contribution is -0.138. The average molecular weight is 280 g/mol. The van der Waals surface area contributed by atoms with Gasteiger partial charge >= 0.3 is 5.97 Å². The highest BCUT2D eigenvalue weighted by Gasteiger charge is 2.12. The molecule has 0 aromatic heterocycles. The first-order valence-electron chi connectivity index (χ1n) is 8.20. The minimum Gasteiger partial charge on any atom is -0.481 e. The van der Waals surface area contributed by atoms with Crippen LogP contribution in [0.4, 0.5) is 0 Å². The number of aliphatic carboxylic acids is 1. The van der Waals surface area contributed by atoms with Gasteiger partial charge in [-0.3, -0.25) is 4.79 Å². The normalized spacial score (nSPS) is 12.7. The van der Waals surface area contributed by atoms with Crippen LogP contribution in [0.2, 0.25) is 0 Å². The maximum Gasteiger partial charge on any atom is 0.303 e. The van der Waals surface area contributed by atoms with Gasteiger partial charge in [-0.1, -0.05) is 70.3 Å². The highest BCUT2D eigenvalue weighted by atomic mass is 16.4. The first-order valence-corrected chi connectivity index (χ1v) is 8.20. The van der Waals surface area contributed by atoms with Gasteiger partial charge in [0.25, 0.3) is 0 Å². The van der Waals surface area contributed by atoms with Crippen molar-refractivity contribution >= 4 is 5.97 Å². The molecular formula is C18H32O2. The van der Waals surface area contributed by atoms with Crippen LogP contribution in [0.15, 0.2) is 24.8 Å². The maximum atomic E-state index is 10.9. The summed E-state index contributed by atoms with van der Waals surface area (Å²) in [7, 11) is 0. The molecule has 1 unspecified atom stereocenters. The minimum atomic E-state index is -0.639. The maximum absolute atomic E-state index is 10.9. The third-order valence-corrected chi connectivity index (χ3v) is 3.68. The summed E-state index contributed by atoms with van der Waals surface area (Å²) in [5, 5.41) is 8.97. The van der Waals surface area contributed by atoms with Crippen molar-refractivity contribution in [1.82, 2.24) is 0 Å². The fourth-order valence-corrected chi connectivity index (χ4v) is 2.52. The predicted octanol–water partition coefficient (Wildman–Crippen LogP) is 5.74. The van der Waals surface area contributed by atoms with Crippen molar-refractivity contribution in [3.05, 3.63) is 24.8 Å². The summed E-state index contributed by atoms with van der Waals surface area (Å²) in [6, 6.07) is 0. The molecule has 0 heterocycles. The highest BCUT2D eigenvalue weighted by Crippen LogP contribution is 2.21. The van der Waals surface area contributed by atoms with Gasteiger partial charge in [-0.15, -0.1) is 0 Å². The molecule has 0 aromatic rings. The molecule has 1 atom stereocenters. The quantitative estimate of drug-likeness (QED) is 0.325. The summed E-state index contributed by atoms with van der Waals surface area (Å²) < 4.78 is 0. The second-order valence-corrected chi connectivity index (χ2v) is 5.62. The summed E-state index contributed by atoms with van der Waals surface area (Å²) in [6.07, 6.45) is 18.1. The Kier molecular flexibility index (Phi) is 13.6. The Hall–Kier alpha value is -1.05. The van der Waals surface area contributed by atoms with Crippen LogP contribution in [-0.4, -0.2) is 11.1 Å². The van der Waals surface area contributed by atoms with Gasteiger partial charge in [-0.05, 0) is 31.6 Å². The van der Waals surface area contributed by atoms with Crippen LogP contribution < -0.4 is 0 Å². The molecule has 0 fully saturated rings. The van der Waals surface area contributed by atoms with E-state index in [4.69, 9.17) is 5.11 Å². The smallest absolute Gasteiger partial charge is 0.303 e. The number of hydrogen-bond donors (Lipinski definition) is 1. The number of carboxylic acid groups (broad SMARTS) is 1. The summed E-state index contributed by atoms with van der Waals surface area (Å²) in [5.41, 5.74) is 0. The van der Waals surface area contributed by atoms with E-state index in [1.165, 1.54) is 38.5 Å².